The second-order valence-corrected chi connectivity index (χ2v) is 5.64. The van der Waals surface area contributed by atoms with Gasteiger partial charge in [-0.15, -0.1) is 0 Å². The van der Waals surface area contributed by atoms with Crippen LogP contribution in [-0.4, -0.2) is 64.9 Å². The van der Waals surface area contributed by atoms with E-state index in [2.05, 4.69) is 0 Å². The van der Waals surface area contributed by atoms with Crippen LogP contribution in [0.5, 0.6) is 0 Å². The Bertz CT molecular complexity index is 680. The lowest BCUT2D eigenvalue weighted by molar-refractivity contribution is -0.457. The molecule has 0 aromatic rings. The van der Waals surface area contributed by atoms with E-state index in [4.69, 9.17) is 5.11 Å². The summed E-state index contributed by atoms with van der Waals surface area (Å²) in [7, 11) is 0. The minimum Gasteiger partial charge on any atom is -0.481 e. The van der Waals surface area contributed by atoms with Crippen LogP contribution in [0.25, 0.3) is 0 Å². The van der Waals surface area contributed by atoms with Crippen LogP contribution >= 0.6 is 0 Å². The molecular formula is C11H4F18O2. The van der Waals surface area contributed by atoms with Crippen LogP contribution in [0.1, 0.15) is 6.42 Å². The van der Waals surface area contributed by atoms with Crippen molar-refractivity contribution in [2.24, 2.45) is 0 Å². The second-order valence-electron chi connectivity index (χ2n) is 5.64. The maximum absolute atomic E-state index is 13.3. The molecule has 0 aromatic carbocycles. The Morgan fingerprint density at radius 1 is 0.548 bits per heavy atom. The van der Waals surface area contributed by atoms with Gasteiger partial charge in [-0.2, -0.15) is 70.2 Å². The normalized spacial score (nSPS) is 16.1. The number of carboxylic acid groups (broad SMARTS) is 1. The van der Waals surface area contributed by atoms with Crippen molar-refractivity contribution in [3.63, 3.8) is 0 Å². The van der Waals surface area contributed by atoms with E-state index in [1.165, 1.54) is 0 Å². The summed E-state index contributed by atoms with van der Waals surface area (Å²) in [5.41, 5.74) is 0. The van der Waals surface area contributed by atoms with Crippen LogP contribution in [0.4, 0.5) is 79.0 Å². The predicted molar refractivity (Wildman–Crippen MR) is 57.8 cm³/mol. The first-order valence-corrected chi connectivity index (χ1v) is 6.63. The van der Waals surface area contributed by atoms with Gasteiger partial charge in [0, 0.05) is 0 Å². The molecule has 0 unspecified atom stereocenters. The van der Waals surface area contributed by atoms with Gasteiger partial charge in [-0.05, 0) is 0 Å². The summed E-state index contributed by atoms with van der Waals surface area (Å²) in [6.45, 7) is 0. The number of hydrogen-bond acceptors (Lipinski definition) is 1. The molecule has 2 nitrogen and oxygen atoms in total. The van der Waals surface area contributed by atoms with E-state index in [1.54, 1.807) is 0 Å². The lowest BCUT2D eigenvalue weighted by Gasteiger charge is -2.43. The fourth-order valence-electron chi connectivity index (χ4n) is 1.67. The van der Waals surface area contributed by atoms with Crippen LogP contribution in [-0.2, 0) is 4.79 Å². The number of carboxylic acids is 1. The van der Waals surface area contributed by atoms with E-state index >= 15 is 0 Å². The van der Waals surface area contributed by atoms with E-state index in [9.17, 15) is 83.8 Å². The Hall–Kier alpha value is -1.79. The highest BCUT2D eigenvalue weighted by Gasteiger charge is 2.95. The minimum atomic E-state index is -8.83. The first kappa shape index (κ1) is 29.2. The topological polar surface area (TPSA) is 37.3 Å². The summed E-state index contributed by atoms with van der Waals surface area (Å²) >= 11 is 0. The Morgan fingerprint density at radius 3 is 1.06 bits per heavy atom. The van der Waals surface area contributed by atoms with Gasteiger partial charge >= 0.3 is 59.8 Å². The molecule has 0 heterocycles. The van der Waals surface area contributed by atoms with Gasteiger partial charge in [0.15, 0.2) is 0 Å². The summed E-state index contributed by atoms with van der Waals surface area (Å²) in [6, 6.07) is 0. The Morgan fingerprint density at radius 2 is 0.806 bits per heavy atom. The fraction of sp³-hybridized carbons (Fsp3) is 0.909. The average Bonchev–Trinajstić information content (AvgIpc) is 2.51. The number of carbonyl (C=O) groups is 1. The number of hydrogen-bond donors (Lipinski definition) is 1. The van der Waals surface area contributed by atoms with Crippen LogP contribution in [0.3, 0.4) is 0 Å². The van der Waals surface area contributed by atoms with Crippen LogP contribution in [0.2, 0.25) is 0 Å². The summed E-state index contributed by atoms with van der Waals surface area (Å²) in [6.07, 6.45) is -9.55. The van der Waals surface area contributed by atoms with Crippen molar-refractivity contribution in [1.82, 2.24) is 0 Å². The number of alkyl halides is 18. The second kappa shape index (κ2) is 7.38. The van der Waals surface area contributed by atoms with Crippen molar-refractivity contribution < 1.29 is 88.9 Å². The third-order valence-electron chi connectivity index (χ3n) is 3.50. The molecule has 0 aliphatic carbocycles. The van der Waals surface area contributed by atoms with E-state index in [-0.39, 0.29) is 0 Å². The quantitative estimate of drug-likeness (QED) is 0.377. The maximum Gasteiger partial charge on any atom is 0.385 e. The highest BCUT2D eigenvalue weighted by atomic mass is 19.4. The molecule has 0 fully saturated rings. The lowest BCUT2D eigenvalue weighted by Crippen LogP contribution is -2.75. The monoisotopic (exact) mass is 510 g/mol. The van der Waals surface area contributed by atoms with Gasteiger partial charge < -0.3 is 5.11 Å². The standard InChI is InChI=1S/C11H4F18O2/c12-3(13)5(16,17)7(20,21)9(24,25)11(28,29)10(26,27)8(22,23)6(18,19)4(14,15)1-2(30)31/h3H,1H2,(H,30,31). The van der Waals surface area contributed by atoms with Gasteiger partial charge in [0.05, 0.1) is 0 Å². The van der Waals surface area contributed by atoms with Crippen molar-refractivity contribution >= 4 is 5.97 Å². The smallest absolute Gasteiger partial charge is 0.385 e. The highest BCUT2D eigenvalue weighted by molar-refractivity contribution is 5.68. The number of halogens is 18. The summed E-state index contributed by atoms with van der Waals surface area (Å²) in [4.78, 5) is 9.93. The van der Waals surface area contributed by atoms with Crippen molar-refractivity contribution in [2.75, 3.05) is 0 Å². The summed E-state index contributed by atoms with van der Waals surface area (Å²) in [5, 5.41) is 7.85. The molecule has 0 amide bonds. The van der Waals surface area contributed by atoms with Crippen molar-refractivity contribution in [3.8, 4) is 0 Å². The Labute approximate surface area is 156 Å². The van der Waals surface area contributed by atoms with Gasteiger partial charge in [0.25, 0.3) is 0 Å². The molecule has 186 valence electrons. The summed E-state index contributed by atoms with van der Waals surface area (Å²) in [5.74, 6) is -68.9. The molecule has 0 aromatic heterocycles. The SMILES string of the molecule is O=C(O)CC(F)(F)C(F)(F)C(F)(F)C(F)(F)C(F)(F)C(F)(F)C(F)(F)C(F)(F)C(F)F. The fourth-order valence-corrected chi connectivity index (χ4v) is 1.67. The largest absolute Gasteiger partial charge is 0.481 e. The zero-order valence-corrected chi connectivity index (χ0v) is 13.4. The minimum absolute atomic E-state index is 3.16. The highest BCUT2D eigenvalue weighted by Crippen LogP contribution is 2.64. The molecule has 0 saturated heterocycles. The number of rotatable bonds is 10. The molecule has 0 aliphatic rings. The van der Waals surface area contributed by atoms with E-state index in [1.807, 2.05) is 0 Å². The average molecular weight is 510 g/mol. The molecule has 0 rings (SSSR count). The molecular weight excluding hydrogens is 506 g/mol. The van der Waals surface area contributed by atoms with Crippen molar-refractivity contribution in [2.45, 2.75) is 60.2 Å². The number of aliphatic carboxylic acids is 1. The maximum atomic E-state index is 13.3. The van der Waals surface area contributed by atoms with Crippen LogP contribution < -0.4 is 0 Å². The molecule has 0 bridgehead atoms. The van der Waals surface area contributed by atoms with Gasteiger partial charge in [-0.3, -0.25) is 4.79 Å². The Balaban J connectivity index is 6.79. The predicted octanol–water partition coefficient (Wildman–Crippen LogP) is 5.81. The van der Waals surface area contributed by atoms with Crippen molar-refractivity contribution in [1.29, 1.82) is 0 Å². The zero-order chi connectivity index (χ0) is 25.9. The van der Waals surface area contributed by atoms with Crippen LogP contribution in [0, 0.1) is 0 Å². The van der Waals surface area contributed by atoms with E-state index in [0.29, 0.717) is 0 Å². The molecule has 0 atom stereocenters. The molecule has 20 heteroatoms. The molecule has 0 radical (unpaired) electrons. The first-order chi connectivity index (χ1) is 13.1. The van der Waals surface area contributed by atoms with Gasteiger partial charge in [0.2, 0.25) is 0 Å². The Kier molecular flexibility index (Phi) is 6.95. The third kappa shape index (κ3) is 3.72. The summed E-state index contributed by atoms with van der Waals surface area (Å²) < 4.78 is 232. The molecule has 0 aliphatic heterocycles. The molecule has 31 heavy (non-hydrogen) atoms. The lowest BCUT2D eigenvalue weighted by atomic mass is 9.87. The van der Waals surface area contributed by atoms with Crippen LogP contribution in [0.15, 0.2) is 0 Å². The molecule has 0 spiro atoms. The zero-order valence-electron chi connectivity index (χ0n) is 13.4. The van der Waals surface area contributed by atoms with Gasteiger partial charge in [-0.25, -0.2) is 8.78 Å². The van der Waals surface area contributed by atoms with Gasteiger partial charge in [0.1, 0.15) is 6.42 Å². The third-order valence-corrected chi connectivity index (χ3v) is 3.50. The first-order valence-electron chi connectivity index (χ1n) is 6.63. The molecule has 1 N–H and O–H groups in total. The van der Waals surface area contributed by atoms with E-state index in [0.717, 1.165) is 0 Å². The molecule has 0 saturated carbocycles. The van der Waals surface area contributed by atoms with Gasteiger partial charge in [-0.1, -0.05) is 0 Å². The van der Waals surface area contributed by atoms with E-state index < -0.39 is 66.2 Å². The van der Waals surface area contributed by atoms with Crippen molar-refractivity contribution in [3.05, 3.63) is 0 Å².